The Kier molecular flexibility index (Phi) is 11.2. The Labute approximate surface area is 265 Å². The predicted molar refractivity (Wildman–Crippen MR) is 176 cm³/mol. The lowest BCUT2D eigenvalue weighted by atomic mass is 10.0. The fraction of sp³-hybridized carbons (Fsp3) is 0.257. The number of halogens is 1. The van der Waals surface area contributed by atoms with Crippen molar-refractivity contribution in [3.05, 3.63) is 130 Å². The van der Waals surface area contributed by atoms with Gasteiger partial charge in [-0.3, -0.25) is 13.9 Å². The minimum absolute atomic E-state index is 0.0157. The molecule has 4 rings (SSSR count). The van der Waals surface area contributed by atoms with Crippen LogP contribution in [0, 0.1) is 13.8 Å². The van der Waals surface area contributed by atoms with E-state index in [2.05, 4.69) is 5.32 Å². The first-order valence-corrected chi connectivity index (χ1v) is 16.4. The van der Waals surface area contributed by atoms with E-state index in [9.17, 15) is 18.0 Å². The number of sulfonamides is 1. The van der Waals surface area contributed by atoms with Gasteiger partial charge in [0.2, 0.25) is 11.8 Å². The van der Waals surface area contributed by atoms with Crippen LogP contribution in [0.1, 0.15) is 35.6 Å². The van der Waals surface area contributed by atoms with Crippen LogP contribution in [0.2, 0.25) is 5.02 Å². The number of benzene rings is 4. The van der Waals surface area contributed by atoms with Crippen LogP contribution < -0.4 is 9.62 Å². The topological polar surface area (TPSA) is 86.8 Å². The van der Waals surface area contributed by atoms with Gasteiger partial charge >= 0.3 is 0 Å². The molecule has 0 aliphatic heterocycles. The molecule has 0 aliphatic rings. The molecular formula is C35H38ClN3O4S. The van der Waals surface area contributed by atoms with Gasteiger partial charge in [0.05, 0.1) is 10.6 Å². The summed E-state index contributed by atoms with van der Waals surface area (Å²) in [5.74, 6) is -0.854. The fourth-order valence-corrected chi connectivity index (χ4v) is 6.42. The third kappa shape index (κ3) is 8.27. The molecule has 44 heavy (non-hydrogen) atoms. The van der Waals surface area contributed by atoms with Gasteiger partial charge in [0.15, 0.2) is 0 Å². The van der Waals surface area contributed by atoms with Crippen LogP contribution in [0.25, 0.3) is 0 Å². The van der Waals surface area contributed by atoms with Crippen LogP contribution in [0.4, 0.5) is 5.69 Å². The van der Waals surface area contributed by atoms with Gasteiger partial charge in [0.1, 0.15) is 12.6 Å². The smallest absolute Gasteiger partial charge is 0.264 e. The van der Waals surface area contributed by atoms with Crippen LogP contribution >= 0.6 is 11.6 Å². The van der Waals surface area contributed by atoms with E-state index in [1.54, 1.807) is 54.6 Å². The first kappa shape index (κ1) is 32.8. The maximum absolute atomic E-state index is 14.4. The predicted octanol–water partition coefficient (Wildman–Crippen LogP) is 6.32. The third-order valence-electron chi connectivity index (χ3n) is 7.33. The van der Waals surface area contributed by atoms with Gasteiger partial charge in [0, 0.05) is 24.5 Å². The van der Waals surface area contributed by atoms with E-state index in [1.165, 1.54) is 17.0 Å². The Balaban J connectivity index is 1.80. The van der Waals surface area contributed by atoms with E-state index in [1.807, 2.05) is 57.2 Å². The van der Waals surface area contributed by atoms with Crippen LogP contribution in [0.3, 0.4) is 0 Å². The van der Waals surface area contributed by atoms with Crippen molar-refractivity contribution in [3.63, 3.8) is 0 Å². The van der Waals surface area contributed by atoms with E-state index < -0.39 is 28.5 Å². The zero-order valence-corrected chi connectivity index (χ0v) is 26.8. The minimum atomic E-state index is -4.15. The van der Waals surface area contributed by atoms with Crippen molar-refractivity contribution < 1.29 is 18.0 Å². The molecule has 0 saturated heterocycles. The highest BCUT2D eigenvalue weighted by atomic mass is 35.5. The van der Waals surface area contributed by atoms with Crippen molar-refractivity contribution in [2.24, 2.45) is 0 Å². The standard InChI is InChI=1S/C35H38ClN3O4S/c1-4-22-37-35(41)33(23-28-10-6-5-7-11-28)38(24-29-12-8-9-13-32(29)36)34(40)25-39(30-18-14-26(2)15-19-30)44(42,43)31-20-16-27(3)17-21-31/h5-21,33H,4,22-25H2,1-3H3,(H,37,41)/t33-/m0/s1. The number of amides is 2. The molecule has 2 amide bonds. The SMILES string of the molecule is CCCNC(=O)[C@H](Cc1ccccc1)N(Cc1ccccc1Cl)C(=O)CN(c1ccc(C)cc1)S(=O)(=O)c1ccc(C)cc1. The van der Waals surface area contributed by atoms with Crippen molar-refractivity contribution in [1.82, 2.24) is 10.2 Å². The van der Waals surface area contributed by atoms with Crippen molar-refractivity contribution in [2.45, 2.75) is 51.1 Å². The minimum Gasteiger partial charge on any atom is -0.354 e. The molecule has 4 aromatic carbocycles. The summed E-state index contributed by atoms with van der Waals surface area (Å²) in [5.41, 5.74) is 3.71. The lowest BCUT2D eigenvalue weighted by molar-refractivity contribution is -0.140. The van der Waals surface area contributed by atoms with Gasteiger partial charge in [-0.15, -0.1) is 0 Å². The average Bonchev–Trinajstić information content (AvgIpc) is 3.02. The highest BCUT2D eigenvalue weighted by Gasteiger charge is 2.34. The van der Waals surface area contributed by atoms with Crippen molar-refractivity contribution in [1.29, 1.82) is 0 Å². The number of carbonyl (C=O) groups excluding carboxylic acids is 2. The molecule has 0 heterocycles. The summed E-state index contributed by atoms with van der Waals surface area (Å²) < 4.78 is 29.3. The molecule has 0 fully saturated rings. The number of anilines is 1. The largest absolute Gasteiger partial charge is 0.354 e. The van der Waals surface area contributed by atoms with Gasteiger partial charge in [-0.25, -0.2) is 8.42 Å². The van der Waals surface area contributed by atoms with E-state index in [4.69, 9.17) is 11.6 Å². The van der Waals surface area contributed by atoms with Crippen molar-refractivity contribution in [2.75, 3.05) is 17.4 Å². The van der Waals surface area contributed by atoms with E-state index in [0.717, 1.165) is 27.4 Å². The number of nitrogens with zero attached hydrogens (tertiary/aromatic N) is 2. The van der Waals surface area contributed by atoms with Crippen LogP contribution in [0.5, 0.6) is 0 Å². The Hall–Kier alpha value is -4.14. The normalized spacial score (nSPS) is 11.9. The highest BCUT2D eigenvalue weighted by Crippen LogP contribution is 2.26. The summed E-state index contributed by atoms with van der Waals surface area (Å²) in [6.07, 6.45) is 0.958. The zero-order valence-electron chi connectivity index (χ0n) is 25.2. The highest BCUT2D eigenvalue weighted by molar-refractivity contribution is 7.92. The number of rotatable bonds is 13. The fourth-order valence-electron chi connectivity index (χ4n) is 4.81. The summed E-state index contributed by atoms with van der Waals surface area (Å²) in [4.78, 5) is 29.7. The summed E-state index contributed by atoms with van der Waals surface area (Å²) in [6.45, 7) is 5.67. The molecule has 4 aromatic rings. The molecular weight excluding hydrogens is 594 g/mol. The molecule has 0 saturated carbocycles. The Morgan fingerprint density at radius 1 is 0.818 bits per heavy atom. The molecule has 1 atom stereocenters. The molecule has 0 spiro atoms. The molecule has 0 bridgehead atoms. The van der Waals surface area contributed by atoms with Crippen molar-refractivity contribution >= 4 is 39.1 Å². The average molecular weight is 632 g/mol. The van der Waals surface area contributed by atoms with Gasteiger partial charge < -0.3 is 10.2 Å². The quantitative estimate of drug-likeness (QED) is 0.187. The van der Waals surface area contributed by atoms with Crippen molar-refractivity contribution in [3.8, 4) is 0 Å². The maximum Gasteiger partial charge on any atom is 0.264 e. The summed E-state index contributed by atoms with van der Waals surface area (Å²) in [7, 11) is -4.15. The van der Waals surface area contributed by atoms with Crippen LogP contribution in [0.15, 0.2) is 108 Å². The van der Waals surface area contributed by atoms with Gasteiger partial charge in [-0.2, -0.15) is 0 Å². The summed E-state index contributed by atoms with van der Waals surface area (Å²) in [5, 5.41) is 3.39. The van der Waals surface area contributed by atoms with Gasteiger partial charge in [-0.05, 0) is 61.7 Å². The lowest BCUT2D eigenvalue weighted by Gasteiger charge is -2.34. The Bertz CT molecular complexity index is 1660. The molecule has 230 valence electrons. The van der Waals surface area contributed by atoms with Crippen LogP contribution in [-0.4, -0.2) is 44.3 Å². The molecule has 1 N–H and O–H groups in total. The van der Waals surface area contributed by atoms with E-state index >= 15 is 0 Å². The zero-order chi connectivity index (χ0) is 31.7. The second-order valence-corrected chi connectivity index (χ2v) is 13.0. The third-order valence-corrected chi connectivity index (χ3v) is 9.49. The van der Waals surface area contributed by atoms with Gasteiger partial charge in [-0.1, -0.05) is 102 Å². The summed E-state index contributed by atoms with van der Waals surface area (Å²) in [6, 6.07) is 29.1. The number of aryl methyl sites for hydroxylation is 2. The molecule has 0 unspecified atom stereocenters. The lowest BCUT2D eigenvalue weighted by Crippen LogP contribution is -2.53. The van der Waals surface area contributed by atoms with Gasteiger partial charge in [0.25, 0.3) is 10.0 Å². The number of nitrogens with one attached hydrogen (secondary N) is 1. The maximum atomic E-state index is 14.4. The molecule has 7 nitrogen and oxygen atoms in total. The molecule has 0 aliphatic carbocycles. The monoisotopic (exact) mass is 631 g/mol. The second kappa shape index (κ2) is 15.0. The first-order valence-electron chi connectivity index (χ1n) is 14.6. The number of hydrogen-bond donors (Lipinski definition) is 1. The number of hydrogen-bond acceptors (Lipinski definition) is 4. The van der Waals surface area contributed by atoms with E-state index in [-0.39, 0.29) is 23.8 Å². The first-order chi connectivity index (χ1) is 21.1. The Morgan fingerprint density at radius 2 is 1.41 bits per heavy atom. The Morgan fingerprint density at radius 3 is 2.02 bits per heavy atom. The molecule has 9 heteroatoms. The number of carbonyl (C=O) groups is 2. The summed E-state index contributed by atoms with van der Waals surface area (Å²) >= 11 is 6.54. The van der Waals surface area contributed by atoms with E-state index in [0.29, 0.717) is 22.8 Å². The molecule has 0 radical (unpaired) electrons. The second-order valence-electron chi connectivity index (χ2n) is 10.8. The molecule has 0 aromatic heterocycles. The van der Waals surface area contributed by atoms with Crippen LogP contribution in [-0.2, 0) is 32.6 Å².